The van der Waals surface area contributed by atoms with Crippen molar-refractivity contribution in [3.63, 3.8) is 0 Å². The van der Waals surface area contributed by atoms with Crippen LogP contribution in [-0.2, 0) is 0 Å². The molecule has 0 fully saturated rings. The number of thiazole rings is 1. The summed E-state index contributed by atoms with van der Waals surface area (Å²) in [6.07, 6.45) is 0. The van der Waals surface area contributed by atoms with Crippen molar-refractivity contribution in [1.82, 2.24) is 4.98 Å². The number of hydrogen-bond donors (Lipinski definition) is 2. The van der Waals surface area contributed by atoms with Crippen molar-refractivity contribution in [3.05, 3.63) is 54.1 Å². The van der Waals surface area contributed by atoms with Gasteiger partial charge < -0.3 is 5.73 Å². The Morgan fingerprint density at radius 1 is 1.06 bits per heavy atom. The van der Waals surface area contributed by atoms with E-state index >= 15 is 0 Å². The molecule has 4 heteroatoms. The van der Waals surface area contributed by atoms with Crippen molar-refractivity contribution in [1.29, 1.82) is 5.41 Å². The fourth-order valence-corrected chi connectivity index (χ4v) is 2.90. The largest absolute Gasteiger partial charge is 0.384 e. The third-order valence-corrected chi connectivity index (χ3v) is 3.81. The molecule has 1 heterocycles. The van der Waals surface area contributed by atoms with E-state index < -0.39 is 0 Å². The minimum absolute atomic E-state index is 0.0739. The van der Waals surface area contributed by atoms with Crippen LogP contribution in [-0.4, -0.2) is 10.8 Å². The summed E-state index contributed by atoms with van der Waals surface area (Å²) in [7, 11) is 0. The second kappa shape index (κ2) is 4.23. The van der Waals surface area contributed by atoms with Gasteiger partial charge >= 0.3 is 0 Å². The number of amidine groups is 1. The lowest BCUT2D eigenvalue weighted by atomic mass is 10.1. The third kappa shape index (κ3) is 1.76. The lowest BCUT2D eigenvalue weighted by Gasteiger charge is -2.04. The van der Waals surface area contributed by atoms with Gasteiger partial charge in [0, 0.05) is 11.1 Å². The van der Waals surface area contributed by atoms with E-state index in [4.69, 9.17) is 11.1 Å². The van der Waals surface area contributed by atoms with Crippen molar-refractivity contribution in [3.8, 4) is 10.6 Å². The molecule has 0 amide bonds. The first-order chi connectivity index (χ1) is 8.75. The number of benzene rings is 2. The Bertz CT molecular complexity index is 697. The molecule has 0 saturated heterocycles. The number of nitrogens with two attached hydrogens (primary N) is 1. The molecule has 0 aliphatic carbocycles. The molecule has 0 unspecified atom stereocenters. The van der Waals surface area contributed by atoms with Gasteiger partial charge in [-0.25, -0.2) is 4.98 Å². The summed E-state index contributed by atoms with van der Waals surface area (Å²) in [5.41, 5.74) is 8.24. The molecule has 0 aliphatic rings. The predicted octanol–water partition coefficient (Wildman–Crippen LogP) is 3.25. The first-order valence-corrected chi connectivity index (χ1v) is 6.37. The van der Waals surface area contributed by atoms with Gasteiger partial charge in [-0.3, -0.25) is 5.41 Å². The molecule has 0 atom stereocenters. The molecule has 18 heavy (non-hydrogen) atoms. The van der Waals surface area contributed by atoms with Crippen LogP contribution in [0.2, 0.25) is 0 Å². The Labute approximate surface area is 108 Å². The molecule has 0 spiro atoms. The highest BCUT2D eigenvalue weighted by molar-refractivity contribution is 7.21. The van der Waals surface area contributed by atoms with Gasteiger partial charge in [-0.15, -0.1) is 11.3 Å². The smallest absolute Gasteiger partial charge is 0.125 e. The molecule has 0 aliphatic heterocycles. The van der Waals surface area contributed by atoms with E-state index in [1.165, 1.54) is 0 Å². The minimum atomic E-state index is 0.0739. The van der Waals surface area contributed by atoms with Crippen LogP contribution in [0.3, 0.4) is 0 Å². The van der Waals surface area contributed by atoms with E-state index in [-0.39, 0.29) is 5.84 Å². The summed E-state index contributed by atoms with van der Waals surface area (Å²) in [5.74, 6) is 0.0739. The van der Waals surface area contributed by atoms with Crippen molar-refractivity contribution in [2.75, 3.05) is 0 Å². The van der Waals surface area contributed by atoms with Gasteiger partial charge in [0.2, 0.25) is 0 Å². The van der Waals surface area contributed by atoms with E-state index in [1.807, 2.05) is 48.5 Å². The quantitative estimate of drug-likeness (QED) is 0.544. The van der Waals surface area contributed by atoms with Gasteiger partial charge in [-0.2, -0.15) is 0 Å². The lowest BCUT2D eigenvalue weighted by Crippen LogP contribution is -2.12. The third-order valence-electron chi connectivity index (χ3n) is 2.74. The number of fused-ring (bicyclic) bond motifs is 1. The normalized spacial score (nSPS) is 10.7. The summed E-state index contributed by atoms with van der Waals surface area (Å²) in [4.78, 5) is 4.59. The molecule has 3 N–H and O–H groups in total. The zero-order valence-corrected chi connectivity index (χ0v) is 10.4. The second-order valence-electron chi connectivity index (χ2n) is 3.95. The maximum atomic E-state index is 7.61. The molecular formula is C14H11N3S. The van der Waals surface area contributed by atoms with Gasteiger partial charge in [0.15, 0.2) is 0 Å². The van der Waals surface area contributed by atoms with Crippen LogP contribution in [0.1, 0.15) is 5.56 Å². The molecule has 0 radical (unpaired) electrons. The van der Waals surface area contributed by atoms with E-state index in [0.717, 1.165) is 26.4 Å². The first kappa shape index (κ1) is 10.9. The maximum absolute atomic E-state index is 7.61. The Hall–Kier alpha value is -2.20. The first-order valence-electron chi connectivity index (χ1n) is 5.55. The van der Waals surface area contributed by atoms with Gasteiger partial charge in [0.25, 0.3) is 0 Å². The van der Waals surface area contributed by atoms with E-state index in [0.29, 0.717) is 0 Å². The highest BCUT2D eigenvalue weighted by Crippen LogP contribution is 2.31. The Morgan fingerprint density at radius 2 is 1.78 bits per heavy atom. The van der Waals surface area contributed by atoms with Crippen LogP contribution in [0.4, 0.5) is 0 Å². The molecule has 3 nitrogen and oxygen atoms in total. The number of para-hydroxylation sites is 1. The molecule has 0 bridgehead atoms. The van der Waals surface area contributed by atoms with Crippen molar-refractivity contribution < 1.29 is 0 Å². The standard InChI is InChI=1S/C14H11N3S/c15-13(16)9-5-1-2-6-10(9)14-17-11-7-3-4-8-12(11)18-14/h1-8H,(H3,15,16). The summed E-state index contributed by atoms with van der Waals surface area (Å²) in [5, 5.41) is 8.52. The SMILES string of the molecule is N=C(N)c1ccccc1-c1nc2ccccc2s1. The zero-order valence-electron chi connectivity index (χ0n) is 9.55. The zero-order chi connectivity index (χ0) is 12.5. The highest BCUT2D eigenvalue weighted by Gasteiger charge is 2.11. The van der Waals surface area contributed by atoms with Gasteiger partial charge in [-0.1, -0.05) is 36.4 Å². The summed E-state index contributed by atoms with van der Waals surface area (Å²) < 4.78 is 1.14. The Kier molecular flexibility index (Phi) is 2.57. The van der Waals surface area contributed by atoms with Crippen molar-refractivity contribution in [2.24, 2.45) is 5.73 Å². The van der Waals surface area contributed by atoms with Crippen molar-refractivity contribution in [2.45, 2.75) is 0 Å². The molecule has 2 aromatic carbocycles. The lowest BCUT2D eigenvalue weighted by molar-refractivity contribution is 1.41. The fraction of sp³-hybridized carbons (Fsp3) is 0. The average Bonchev–Trinajstić information content (AvgIpc) is 2.82. The topological polar surface area (TPSA) is 62.8 Å². The number of nitrogen functional groups attached to an aromatic ring is 1. The molecule has 3 aromatic rings. The highest BCUT2D eigenvalue weighted by atomic mass is 32.1. The Balaban J connectivity index is 2.23. The molecule has 1 aromatic heterocycles. The number of hydrogen-bond acceptors (Lipinski definition) is 3. The van der Waals surface area contributed by atoms with E-state index in [1.54, 1.807) is 11.3 Å². The van der Waals surface area contributed by atoms with Gasteiger partial charge in [0.1, 0.15) is 10.8 Å². The van der Waals surface area contributed by atoms with Crippen LogP contribution in [0.15, 0.2) is 48.5 Å². The number of nitrogens with zero attached hydrogens (tertiary/aromatic N) is 1. The molecule has 88 valence electrons. The number of nitrogens with one attached hydrogen (secondary N) is 1. The fourth-order valence-electron chi connectivity index (χ4n) is 1.89. The maximum Gasteiger partial charge on any atom is 0.125 e. The predicted molar refractivity (Wildman–Crippen MR) is 76.1 cm³/mol. The summed E-state index contributed by atoms with van der Waals surface area (Å²) in [6, 6.07) is 15.6. The second-order valence-corrected chi connectivity index (χ2v) is 4.98. The van der Waals surface area contributed by atoms with Crippen molar-refractivity contribution >= 4 is 27.4 Å². The summed E-state index contributed by atoms with van der Waals surface area (Å²) >= 11 is 1.62. The van der Waals surface area contributed by atoms with Gasteiger partial charge in [0.05, 0.1) is 10.2 Å². The van der Waals surface area contributed by atoms with Crippen LogP contribution in [0, 0.1) is 5.41 Å². The molecule has 3 rings (SSSR count). The number of aromatic nitrogens is 1. The van der Waals surface area contributed by atoms with Crippen LogP contribution < -0.4 is 5.73 Å². The summed E-state index contributed by atoms with van der Waals surface area (Å²) in [6.45, 7) is 0. The molecular weight excluding hydrogens is 242 g/mol. The number of rotatable bonds is 2. The van der Waals surface area contributed by atoms with Crippen LogP contribution in [0.5, 0.6) is 0 Å². The Morgan fingerprint density at radius 3 is 2.56 bits per heavy atom. The molecule has 0 saturated carbocycles. The van der Waals surface area contributed by atoms with E-state index in [2.05, 4.69) is 4.98 Å². The van der Waals surface area contributed by atoms with Gasteiger partial charge in [-0.05, 0) is 12.1 Å². The minimum Gasteiger partial charge on any atom is -0.384 e. The van der Waals surface area contributed by atoms with Crippen LogP contribution in [0.25, 0.3) is 20.8 Å². The van der Waals surface area contributed by atoms with E-state index in [9.17, 15) is 0 Å². The van der Waals surface area contributed by atoms with Crippen LogP contribution >= 0.6 is 11.3 Å². The average molecular weight is 253 g/mol. The monoisotopic (exact) mass is 253 g/mol.